The number of Topliss-reactive ketones (excluding diaryl/α,β-unsaturated/α-hetero) is 1. The summed E-state index contributed by atoms with van der Waals surface area (Å²) < 4.78 is 16.9. The smallest absolute Gasteiger partial charge is 0.296 e. The summed E-state index contributed by atoms with van der Waals surface area (Å²) in [5.41, 5.74) is 2.06. The molecule has 36 heavy (non-hydrogen) atoms. The lowest BCUT2D eigenvalue weighted by Gasteiger charge is -2.23. The number of carbonyl (C=O) groups excluding carboxylic acids is 2. The van der Waals surface area contributed by atoms with Crippen LogP contribution < -0.4 is 9.47 Å². The van der Waals surface area contributed by atoms with Crippen LogP contribution in [0.25, 0.3) is 5.76 Å². The average molecular weight is 490 g/mol. The molecule has 1 aliphatic rings. The number of hydrogen-bond acceptors (Lipinski definition) is 6. The van der Waals surface area contributed by atoms with Gasteiger partial charge in [-0.25, -0.2) is 0 Å². The molecule has 0 radical (unpaired) electrons. The Kier molecular flexibility index (Phi) is 7.20. The van der Waals surface area contributed by atoms with E-state index in [1.807, 2.05) is 19.1 Å². The van der Waals surface area contributed by atoms with Gasteiger partial charge in [-0.15, -0.1) is 0 Å². The van der Waals surface area contributed by atoms with Crippen molar-refractivity contribution in [3.63, 3.8) is 0 Å². The summed E-state index contributed by atoms with van der Waals surface area (Å²) in [5, 5.41) is 11.3. The first-order valence-electron chi connectivity index (χ1n) is 11.9. The second-order valence-corrected chi connectivity index (χ2v) is 9.41. The number of rotatable bonds is 8. The Morgan fingerprint density at radius 3 is 2.36 bits per heavy atom. The molecule has 1 aliphatic heterocycles. The number of aryl methyl sites for hydroxylation is 2. The SMILES string of the molecule is COc1ccc(CN2C(=O)C(=O)/C(=C(\O)c3ccc(OCC(C)C)c(C)c3)C2c2ccc(C)o2)cc1. The molecule has 7 nitrogen and oxygen atoms in total. The van der Waals surface area contributed by atoms with Crippen LogP contribution in [0, 0.1) is 19.8 Å². The zero-order valence-electron chi connectivity index (χ0n) is 21.2. The van der Waals surface area contributed by atoms with Gasteiger partial charge in [-0.3, -0.25) is 9.59 Å². The van der Waals surface area contributed by atoms with Crippen molar-refractivity contribution in [3.05, 3.63) is 88.4 Å². The van der Waals surface area contributed by atoms with Crippen LogP contribution in [0.5, 0.6) is 11.5 Å². The van der Waals surface area contributed by atoms with Crippen molar-refractivity contribution in [2.75, 3.05) is 13.7 Å². The highest BCUT2D eigenvalue weighted by Crippen LogP contribution is 2.41. The summed E-state index contributed by atoms with van der Waals surface area (Å²) in [5.74, 6) is 1.13. The van der Waals surface area contributed by atoms with Gasteiger partial charge < -0.3 is 23.9 Å². The van der Waals surface area contributed by atoms with Gasteiger partial charge in [0.1, 0.15) is 34.8 Å². The van der Waals surface area contributed by atoms with Crippen molar-refractivity contribution >= 4 is 17.4 Å². The number of furan rings is 1. The molecule has 1 N–H and O–H groups in total. The van der Waals surface area contributed by atoms with Gasteiger partial charge in [0.25, 0.3) is 11.7 Å². The monoisotopic (exact) mass is 489 g/mol. The van der Waals surface area contributed by atoms with Crippen LogP contribution in [0.1, 0.15) is 48.1 Å². The zero-order valence-corrected chi connectivity index (χ0v) is 21.2. The number of ketones is 1. The topological polar surface area (TPSA) is 89.2 Å². The summed E-state index contributed by atoms with van der Waals surface area (Å²) >= 11 is 0. The van der Waals surface area contributed by atoms with Crippen molar-refractivity contribution in [3.8, 4) is 11.5 Å². The lowest BCUT2D eigenvalue weighted by molar-refractivity contribution is -0.140. The van der Waals surface area contributed by atoms with E-state index in [0.717, 1.165) is 11.1 Å². The largest absolute Gasteiger partial charge is 0.507 e. The molecule has 1 saturated heterocycles. The molecule has 2 heterocycles. The summed E-state index contributed by atoms with van der Waals surface area (Å²) in [6.07, 6.45) is 0. The number of nitrogens with zero attached hydrogens (tertiary/aromatic N) is 1. The van der Waals surface area contributed by atoms with Crippen LogP contribution in [-0.4, -0.2) is 35.4 Å². The third kappa shape index (κ3) is 5.00. The average Bonchev–Trinajstić information content (AvgIpc) is 3.39. The molecule has 0 spiro atoms. The number of ether oxygens (including phenoxy) is 2. The van der Waals surface area contributed by atoms with Crippen molar-refractivity contribution < 1.29 is 28.6 Å². The first-order chi connectivity index (χ1) is 17.2. The Bertz CT molecular complexity index is 1300. The van der Waals surface area contributed by atoms with Crippen molar-refractivity contribution in [2.24, 2.45) is 5.92 Å². The highest BCUT2D eigenvalue weighted by molar-refractivity contribution is 6.46. The van der Waals surface area contributed by atoms with Crippen LogP contribution in [-0.2, 0) is 16.1 Å². The van der Waals surface area contributed by atoms with E-state index in [2.05, 4.69) is 13.8 Å². The molecular weight excluding hydrogens is 458 g/mol. The first-order valence-corrected chi connectivity index (χ1v) is 11.9. The van der Waals surface area contributed by atoms with E-state index in [-0.39, 0.29) is 17.9 Å². The first kappa shape index (κ1) is 25.1. The van der Waals surface area contributed by atoms with Gasteiger partial charge in [0.15, 0.2) is 0 Å². The van der Waals surface area contributed by atoms with E-state index < -0.39 is 17.7 Å². The fourth-order valence-corrected chi connectivity index (χ4v) is 4.24. The summed E-state index contributed by atoms with van der Waals surface area (Å²) in [6.45, 7) is 8.53. The Hall–Kier alpha value is -4.00. The second kappa shape index (κ2) is 10.3. The van der Waals surface area contributed by atoms with E-state index in [4.69, 9.17) is 13.9 Å². The van der Waals surface area contributed by atoms with Gasteiger partial charge in [-0.2, -0.15) is 0 Å². The summed E-state index contributed by atoms with van der Waals surface area (Å²) in [4.78, 5) is 27.9. The lowest BCUT2D eigenvalue weighted by atomic mass is 9.98. The molecular formula is C29H31NO6. The van der Waals surface area contributed by atoms with Gasteiger partial charge in [0, 0.05) is 12.1 Å². The van der Waals surface area contributed by atoms with Gasteiger partial charge in [-0.05, 0) is 73.4 Å². The molecule has 1 amide bonds. The van der Waals surface area contributed by atoms with Gasteiger partial charge >= 0.3 is 0 Å². The number of carbonyl (C=O) groups is 2. The predicted molar refractivity (Wildman–Crippen MR) is 136 cm³/mol. The number of methoxy groups -OCH3 is 1. The maximum Gasteiger partial charge on any atom is 0.296 e. The summed E-state index contributed by atoms with van der Waals surface area (Å²) in [6, 6.07) is 15.1. The Balaban J connectivity index is 1.75. The second-order valence-electron chi connectivity index (χ2n) is 9.41. The standard InChI is InChI=1S/C29H31NO6/c1-17(2)16-35-23-13-9-21(14-18(23)3)27(31)25-26(24-12-6-19(4)36-24)30(29(33)28(25)32)15-20-7-10-22(34-5)11-8-20/h6-14,17,26,31H,15-16H2,1-5H3/b27-25-. The minimum absolute atomic E-state index is 0.00175. The molecule has 188 valence electrons. The lowest BCUT2D eigenvalue weighted by Crippen LogP contribution is -2.29. The predicted octanol–water partition coefficient (Wildman–Crippen LogP) is 5.56. The van der Waals surface area contributed by atoms with Crippen LogP contribution in [0.15, 0.2) is 64.6 Å². The maximum atomic E-state index is 13.2. The normalized spacial score (nSPS) is 17.2. The summed E-state index contributed by atoms with van der Waals surface area (Å²) in [7, 11) is 1.58. The quantitative estimate of drug-likeness (QED) is 0.253. The Morgan fingerprint density at radius 2 is 1.78 bits per heavy atom. The zero-order chi connectivity index (χ0) is 26.0. The van der Waals surface area contributed by atoms with Crippen LogP contribution in [0.2, 0.25) is 0 Å². The Morgan fingerprint density at radius 1 is 1.06 bits per heavy atom. The highest BCUT2D eigenvalue weighted by Gasteiger charge is 2.47. The fourth-order valence-electron chi connectivity index (χ4n) is 4.24. The number of benzene rings is 2. The van der Waals surface area contributed by atoms with E-state index in [1.54, 1.807) is 56.5 Å². The van der Waals surface area contributed by atoms with E-state index in [9.17, 15) is 14.7 Å². The molecule has 1 aromatic heterocycles. The van der Waals surface area contributed by atoms with E-state index >= 15 is 0 Å². The number of likely N-dealkylation sites (tertiary alicyclic amines) is 1. The minimum Gasteiger partial charge on any atom is -0.507 e. The fraction of sp³-hybridized carbons (Fsp3) is 0.310. The van der Waals surface area contributed by atoms with Gasteiger partial charge in [0.05, 0.1) is 19.3 Å². The maximum absolute atomic E-state index is 13.2. The third-order valence-corrected chi connectivity index (χ3v) is 6.10. The van der Waals surface area contributed by atoms with Gasteiger partial charge in [0.2, 0.25) is 0 Å². The van der Waals surface area contributed by atoms with Crippen LogP contribution >= 0.6 is 0 Å². The highest BCUT2D eigenvalue weighted by atomic mass is 16.5. The van der Waals surface area contributed by atoms with E-state index in [1.165, 1.54) is 4.90 Å². The Labute approximate surface area is 210 Å². The molecule has 7 heteroatoms. The van der Waals surface area contributed by atoms with Crippen LogP contribution in [0.4, 0.5) is 0 Å². The van der Waals surface area contributed by atoms with E-state index in [0.29, 0.717) is 41.1 Å². The molecule has 4 rings (SSSR count). The van der Waals surface area contributed by atoms with Crippen molar-refractivity contribution in [1.29, 1.82) is 0 Å². The molecule has 0 saturated carbocycles. The number of amides is 1. The molecule has 2 aromatic carbocycles. The number of aliphatic hydroxyl groups excluding tert-OH is 1. The van der Waals surface area contributed by atoms with Gasteiger partial charge in [-0.1, -0.05) is 26.0 Å². The number of aliphatic hydroxyl groups is 1. The molecule has 0 bridgehead atoms. The van der Waals surface area contributed by atoms with Crippen molar-refractivity contribution in [1.82, 2.24) is 4.90 Å². The number of hydrogen-bond donors (Lipinski definition) is 1. The molecule has 0 aliphatic carbocycles. The van der Waals surface area contributed by atoms with Crippen LogP contribution in [0.3, 0.4) is 0 Å². The molecule has 1 fully saturated rings. The third-order valence-electron chi connectivity index (χ3n) is 6.10. The minimum atomic E-state index is -0.863. The molecule has 3 aromatic rings. The molecule has 1 unspecified atom stereocenters. The van der Waals surface area contributed by atoms with Crippen molar-refractivity contribution in [2.45, 2.75) is 40.3 Å². The molecule has 1 atom stereocenters.